The Bertz CT molecular complexity index is 591. The van der Waals surface area contributed by atoms with Gasteiger partial charge in [-0.05, 0) is 23.8 Å². The molecule has 0 bridgehead atoms. The molecular formula is C14H11Cl2NO3. The lowest BCUT2D eigenvalue weighted by atomic mass is 10.2. The molecule has 0 heterocycles. The van der Waals surface area contributed by atoms with Crippen LogP contribution >= 0.6 is 23.2 Å². The lowest BCUT2D eigenvalue weighted by Crippen LogP contribution is -2.34. The van der Waals surface area contributed by atoms with Crippen LogP contribution in [0.1, 0.15) is 5.56 Å². The number of hydrogen-bond donors (Lipinski definition) is 1. The molecule has 6 heteroatoms. The Hall–Kier alpha value is -1.96. The summed E-state index contributed by atoms with van der Waals surface area (Å²) in [5.74, 6) is 0.621. The maximum absolute atomic E-state index is 11.8. The highest BCUT2D eigenvalue weighted by molar-refractivity contribution is 6.42. The topological polar surface area (TPSA) is 57.6 Å². The Kier molecular flexibility index (Phi) is 6.10. The minimum atomic E-state index is -1.13. The number of halogens is 2. The summed E-state index contributed by atoms with van der Waals surface area (Å²) < 4.78 is 0. The number of terminal acetylenes is 1. The van der Waals surface area contributed by atoms with Crippen molar-refractivity contribution >= 4 is 41.2 Å². The Balaban J connectivity index is 2.81. The minimum Gasteiger partial charge on any atom is -0.480 e. The van der Waals surface area contributed by atoms with Gasteiger partial charge in [0.15, 0.2) is 0 Å². The van der Waals surface area contributed by atoms with Crippen molar-refractivity contribution in [2.24, 2.45) is 0 Å². The molecule has 1 aromatic rings. The third kappa shape index (κ3) is 4.96. The Morgan fingerprint density at radius 2 is 2.05 bits per heavy atom. The van der Waals surface area contributed by atoms with Gasteiger partial charge in [-0.2, -0.15) is 0 Å². The lowest BCUT2D eigenvalue weighted by molar-refractivity contribution is -0.142. The van der Waals surface area contributed by atoms with Crippen molar-refractivity contribution in [1.82, 2.24) is 4.90 Å². The number of carbonyl (C=O) groups is 2. The van der Waals surface area contributed by atoms with Crippen LogP contribution in [0.25, 0.3) is 6.08 Å². The summed E-state index contributed by atoms with van der Waals surface area (Å²) in [6.45, 7) is -0.522. The summed E-state index contributed by atoms with van der Waals surface area (Å²) in [6, 6.07) is 4.88. The molecule has 4 nitrogen and oxygen atoms in total. The monoisotopic (exact) mass is 311 g/mol. The van der Waals surface area contributed by atoms with Crippen LogP contribution in [0.3, 0.4) is 0 Å². The smallest absolute Gasteiger partial charge is 0.323 e. The highest BCUT2D eigenvalue weighted by atomic mass is 35.5. The maximum atomic E-state index is 11.8. The molecule has 1 amide bonds. The number of hydrogen-bond acceptors (Lipinski definition) is 2. The second-order valence-corrected chi connectivity index (χ2v) is 4.61. The molecule has 0 radical (unpaired) electrons. The maximum Gasteiger partial charge on any atom is 0.323 e. The molecule has 104 valence electrons. The largest absolute Gasteiger partial charge is 0.480 e. The zero-order valence-electron chi connectivity index (χ0n) is 10.3. The van der Waals surface area contributed by atoms with Crippen LogP contribution in [0.5, 0.6) is 0 Å². The van der Waals surface area contributed by atoms with Gasteiger partial charge in [0.25, 0.3) is 0 Å². The predicted octanol–water partition coefficient (Wildman–Crippen LogP) is 2.55. The first-order valence-electron chi connectivity index (χ1n) is 5.51. The third-order valence-electron chi connectivity index (χ3n) is 2.28. The molecule has 0 aliphatic heterocycles. The quantitative estimate of drug-likeness (QED) is 0.671. The van der Waals surface area contributed by atoms with Crippen molar-refractivity contribution < 1.29 is 14.7 Å². The molecule has 0 spiro atoms. The molecule has 1 N–H and O–H groups in total. The first-order chi connectivity index (χ1) is 9.43. The van der Waals surface area contributed by atoms with Crippen molar-refractivity contribution in [2.75, 3.05) is 13.1 Å². The highest BCUT2D eigenvalue weighted by Crippen LogP contribution is 2.23. The first kappa shape index (κ1) is 16.1. The molecule has 20 heavy (non-hydrogen) atoms. The SMILES string of the molecule is C#CCN(CC(=O)O)C(=O)C=Cc1ccc(Cl)c(Cl)c1. The van der Waals surface area contributed by atoms with Crippen LogP contribution in [0.4, 0.5) is 0 Å². The van der Waals surface area contributed by atoms with Gasteiger partial charge in [-0.25, -0.2) is 0 Å². The molecular weight excluding hydrogens is 301 g/mol. The average Bonchev–Trinajstić information content (AvgIpc) is 2.39. The number of nitrogens with zero attached hydrogens (tertiary/aromatic N) is 1. The minimum absolute atomic E-state index is 0.0726. The van der Waals surface area contributed by atoms with E-state index in [9.17, 15) is 9.59 Å². The Morgan fingerprint density at radius 1 is 1.35 bits per heavy atom. The van der Waals surface area contributed by atoms with E-state index in [2.05, 4.69) is 5.92 Å². The first-order valence-corrected chi connectivity index (χ1v) is 6.27. The van der Waals surface area contributed by atoms with E-state index in [0.29, 0.717) is 15.6 Å². The van der Waals surface area contributed by atoms with E-state index in [-0.39, 0.29) is 6.54 Å². The van der Waals surface area contributed by atoms with Gasteiger partial charge in [0, 0.05) is 6.08 Å². The Morgan fingerprint density at radius 3 is 2.60 bits per heavy atom. The number of rotatable bonds is 5. The number of aliphatic carboxylic acids is 1. The second kappa shape index (κ2) is 7.59. The van der Waals surface area contributed by atoms with Crippen LogP contribution in [-0.2, 0) is 9.59 Å². The number of carbonyl (C=O) groups excluding carboxylic acids is 1. The lowest BCUT2D eigenvalue weighted by Gasteiger charge is -2.15. The molecule has 0 aromatic heterocycles. The summed E-state index contributed by atoms with van der Waals surface area (Å²) in [4.78, 5) is 23.5. The molecule has 0 saturated heterocycles. The zero-order valence-corrected chi connectivity index (χ0v) is 11.9. The standard InChI is InChI=1S/C14H11Cl2NO3/c1-2-7-17(9-14(19)20)13(18)6-4-10-3-5-11(15)12(16)8-10/h1,3-6,8H,7,9H2,(H,19,20). The summed E-state index contributed by atoms with van der Waals surface area (Å²) in [6.07, 6.45) is 7.84. The van der Waals surface area contributed by atoms with Gasteiger partial charge >= 0.3 is 5.97 Å². The molecule has 0 fully saturated rings. The van der Waals surface area contributed by atoms with Crippen molar-refractivity contribution in [2.45, 2.75) is 0 Å². The third-order valence-corrected chi connectivity index (χ3v) is 3.02. The van der Waals surface area contributed by atoms with E-state index in [1.807, 2.05) is 0 Å². The summed E-state index contributed by atoms with van der Waals surface area (Å²) in [7, 11) is 0. The van der Waals surface area contributed by atoms with Crippen LogP contribution in [0, 0.1) is 12.3 Å². The molecule has 0 aliphatic carbocycles. The fraction of sp³-hybridized carbons (Fsp3) is 0.143. The van der Waals surface area contributed by atoms with Crippen LogP contribution in [0.2, 0.25) is 10.0 Å². The van der Waals surface area contributed by atoms with Crippen LogP contribution in [-0.4, -0.2) is 35.0 Å². The number of benzene rings is 1. The highest BCUT2D eigenvalue weighted by Gasteiger charge is 2.12. The van der Waals surface area contributed by atoms with Gasteiger partial charge in [-0.1, -0.05) is 35.2 Å². The van der Waals surface area contributed by atoms with E-state index >= 15 is 0 Å². The summed E-state index contributed by atoms with van der Waals surface area (Å²) >= 11 is 11.6. The molecule has 0 unspecified atom stereocenters. The molecule has 1 aromatic carbocycles. The van der Waals surface area contributed by atoms with E-state index in [4.69, 9.17) is 34.7 Å². The van der Waals surface area contributed by atoms with Crippen molar-refractivity contribution in [3.05, 3.63) is 39.9 Å². The molecule has 0 atom stereocenters. The summed E-state index contributed by atoms with van der Waals surface area (Å²) in [5.41, 5.74) is 0.670. The van der Waals surface area contributed by atoms with Gasteiger partial charge in [0.1, 0.15) is 6.54 Å². The average molecular weight is 312 g/mol. The van der Waals surface area contributed by atoms with E-state index in [1.165, 1.54) is 12.2 Å². The van der Waals surface area contributed by atoms with Gasteiger partial charge < -0.3 is 10.0 Å². The van der Waals surface area contributed by atoms with E-state index in [1.54, 1.807) is 18.2 Å². The van der Waals surface area contributed by atoms with Crippen molar-refractivity contribution in [1.29, 1.82) is 0 Å². The molecule has 0 aliphatic rings. The fourth-order valence-corrected chi connectivity index (χ4v) is 1.68. The van der Waals surface area contributed by atoms with Crippen molar-refractivity contribution in [3.8, 4) is 12.3 Å². The molecule has 1 rings (SSSR count). The number of carboxylic acid groups (broad SMARTS) is 1. The van der Waals surface area contributed by atoms with Gasteiger partial charge in [-0.15, -0.1) is 6.42 Å². The normalized spacial score (nSPS) is 10.2. The van der Waals surface area contributed by atoms with Crippen LogP contribution < -0.4 is 0 Å². The van der Waals surface area contributed by atoms with Gasteiger partial charge in [0.05, 0.1) is 16.6 Å². The second-order valence-electron chi connectivity index (χ2n) is 3.80. The molecule has 0 saturated carbocycles. The summed E-state index contributed by atoms with van der Waals surface area (Å²) in [5, 5.41) is 9.47. The van der Waals surface area contributed by atoms with E-state index < -0.39 is 18.4 Å². The zero-order chi connectivity index (χ0) is 15.1. The van der Waals surface area contributed by atoms with Crippen LogP contribution in [0.15, 0.2) is 24.3 Å². The van der Waals surface area contributed by atoms with Gasteiger partial charge in [0.2, 0.25) is 5.91 Å². The fourth-order valence-electron chi connectivity index (χ4n) is 1.37. The van der Waals surface area contributed by atoms with Crippen molar-refractivity contribution in [3.63, 3.8) is 0 Å². The van der Waals surface area contributed by atoms with E-state index in [0.717, 1.165) is 4.90 Å². The Labute approximate surface area is 126 Å². The number of carboxylic acids is 1. The number of amides is 1. The van der Waals surface area contributed by atoms with Gasteiger partial charge in [-0.3, -0.25) is 9.59 Å². The predicted molar refractivity (Wildman–Crippen MR) is 78.5 cm³/mol.